The van der Waals surface area contributed by atoms with Gasteiger partial charge >= 0.3 is 0 Å². The first kappa shape index (κ1) is 14.1. The Morgan fingerprint density at radius 2 is 2.33 bits per heavy atom. The number of likely N-dealkylation sites (tertiary alicyclic amines) is 1. The van der Waals surface area contributed by atoms with Gasteiger partial charge in [-0.2, -0.15) is 0 Å². The molecule has 1 N–H and O–H groups in total. The molecule has 3 heterocycles. The highest BCUT2D eigenvalue weighted by Crippen LogP contribution is 2.19. The maximum absolute atomic E-state index is 12.4. The van der Waals surface area contributed by atoms with Crippen molar-refractivity contribution in [3.63, 3.8) is 0 Å². The zero-order valence-electron chi connectivity index (χ0n) is 12.2. The fraction of sp³-hybridized carbons (Fsp3) is 0.643. The van der Waals surface area contributed by atoms with E-state index in [1.165, 1.54) is 0 Å². The molecule has 0 radical (unpaired) electrons. The minimum Gasteiger partial charge on any atom is -0.351 e. The van der Waals surface area contributed by atoms with Crippen molar-refractivity contribution in [3.8, 4) is 0 Å². The van der Waals surface area contributed by atoms with Crippen molar-refractivity contribution in [1.82, 2.24) is 20.3 Å². The molecule has 7 nitrogen and oxygen atoms in total. The third-order valence-electron chi connectivity index (χ3n) is 4.09. The molecule has 2 fully saturated rings. The van der Waals surface area contributed by atoms with E-state index in [4.69, 9.17) is 4.52 Å². The van der Waals surface area contributed by atoms with Gasteiger partial charge in [0.2, 0.25) is 11.7 Å². The molecule has 0 aromatic carbocycles. The number of nitrogens with zero attached hydrogens (tertiary/aromatic N) is 3. The lowest BCUT2D eigenvalue weighted by Gasteiger charge is -2.40. The third kappa shape index (κ3) is 2.92. The quantitative estimate of drug-likeness (QED) is 0.831. The van der Waals surface area contributed by atoms with E-state index in [0.717, 1.165) is 19.4 Å². The molecule has 1 aromatic rings. The second-order valence-corrected chi connectivity index (χ2v) is 5.64. The van der Waals surface area contributed by atoms with Gasteiger partial charge in [-0.3, -0.25) is 9.59 Å². The molecular weight excluding hydrogens is 272 g/mol. The lowest BCUT2D eigenvalue weighted by molar-refractivity contribution is -0.135. The fourth-order valence-corrected chi connectivity index (χ4v) is 3.02. The van der Waals surface area contributed by atoms with Crippen molar-refractivity contribution < 1.29 is 14.1 Å². The van der Waals surface area contributed by atoms with Crippen LogP contribution in [0.2, 0.25) is 0 Å². The molecule has 0 saturated carbocycles. The van der Waals surface area contributed by atoms with Gasteiger partial charge in [-0.25, -0.2) is 0 Å². The van der Waals surface area contributed by atoms with Gasteiger partial charge in [0.1, 0.15) is 0 Å². The topological polar surface area (TPSA) is 78.7 Å². The molecule has 1 aromatic heterocycles. The number of rotatable bonds is 2. The molecule has 2 saturated heterocycles. The molecule has 3 rings (SSSR count). The van der Waals surface area contributed by atoms with Gasteiger partial charge in [0.25, 0.3) is 5.91 Å². The SMILES string of the molecule is Cc1cc(C(=O)N2CCCC(N3CCNCC3=O)C2)on1. The Kier molecular flexibility index (Phi) is 3.92. The van der Waals surface area contributed by atoms with Gasteiger partial charge in [-0.1, -0.05) is 5.16 Å². The fourth-order valence-electron chi connectivity index (χ4n) is 3.02. The van der Waals surface area contributed by atoms with E-state index in [2.05, 4.69) is 10.5 Å². The van der Waals surface area contributed by atoms with Crippen LogP contribution in [0.4, 0.5) is 0 Å². The lowest BCUT2D eigenvalue weighted by atomic mass is 10.0. The predicted octanol–water partition coefficient (Wildman–Crippen LogP) is 0.0194. The summed E-state index contributed by atoms with van der Waals surface area (Å²) in [6.07, 6.45) is 1.85. The second-order valence-electron chi connectivity index (χ2n) is 5.64. The molecule has 0 bridgehead atoms. The Bertz CT molecular complexity index is 542. The number of carbonyl (C=O) groups is 2. The maximum Gasteiger partial charge on any atom is 0.292 e. The van der Waals surface area contributed by atoms with E-state index in [-0.39, 0.29) is 23.6 Å². The number of piperidine rings is 1. The number of hydrogen-bond donors (Lipinski definition) is 1. The standard InChI is InChI=1S/C14H20N4O3/c1-10-7-12(21-16-10)14(20)17-5-2-3-11(9-17)18-6-4-15-8-13(18)19/h7,11,15H,2-6,8-9H2,1H3. The number of carbonyl (C=O) groups excluding carboxylic acids is 2. The van der Waals surface area contributed by atoms with Gasteiger partial charge in [-0.05, 0) is 19.8 Å². The van der Waals surface area contributed by atoms with Crippen LogP contribution in [0, 0.1) is 6.92 Å². The third-order valence-corrected chi connectivity index (χ3v) is 4.09. The van der Waals surface area contributed by atoms with Crippen LogP contribution in [0.1, 0.15) is 29.1 Å². The van der Waals surface area contributed by atoms with Gasteiger partial charge in [0.15, 0.2) is 0 Å². The number of piperazine rings is 1. The van der Waals surface area contributed by atoms with Crippen molar-refractivity contribution in [2.75, 3.05) is 32.7 Å². The first-order chi connectivity index (χ1) is 10.1. The van der Waals surface area contributed by atoms with E-state index in [0.29, 0.717) is 31.9 Å². The van der Waals surface area contributed by atoms with Crippen molar-refractivity contribution >= 4 is 11.8 Å². The van der Waals surface area contributed by atoms with Gasteiger partial charge < -0.3 is 19.6 Å². The zero-order valence-corrected chi connectivity index (χ0v) is 12.2. The monoisotopic (exact) mass is 292 g/mol. The van der Waals surface area contributed by atoms with E-state index in [1.54, 1.807) is 17.9 Å². The summed E-state index contributed by atoms with van der Waals surface area (Å²) in [5.74, 6) is 0.263. The van der Waals surface area contributed by atoms with Gasteiger partial charge in [0, 0.05) is 38.3 Å². The Hall–Kier alpha value is -1.89. The van der Waals surface area contributed by atoms with Crippen molar-refractivity contribution in [2.45, 2.75) is 25.8 Å². The molecule has 2 amide bonds. The largest absolute Gasteiger partial charge is 0.351 e. The Labute approximate surface area is 123 Å². The van der Waals surface area contributed by atoms with Gasteiger partial charge in [-0.15, -0.1) is 0 Å². The highest BCUT2D eigenvalue weighted by molar-refractivity contribution is 5.91. The summed E-state index contributed by atoms with van der Waals surface area (Å²) < 4.78 is 5.05. The van der Waals surface area contributed by atoms with Crippen LogP contribution in [0.5, 0.6) is 0 Å². The Balaban J connectivity index is 1.68. The zero-order chi connectivity index (χ0) is 14.8. The van der Waals surface area contributed by atoms with Crippen LogP contribution in [-0.4, -0.2) is 65.5 Å². The minimum absolute atomic E-state index is 0.112. The van der Waals surface area contributed by atoms with Crippen LogP contribution in [0.15, 0.2) is 10.6 Å². The molecule has 0 spiro atoms. The average molecular weight is 292 g/mol. The van der Waals surface area contributed by atoms with Crippen molar-refractivity contribution in [2.24, 2.45) is 0 Å². The summed E-state index contributed by atoms with van der Waals surface area (Å²) in [7, 11) is 0. The number of aromatic nitrogens is 1. The van der Waals surface area contributed by atoms with Crippen molar-refractivity contribution in [3.05, 3.63) is 17.5 Å². The average Bonchev–Trinajstić information content (AvgIpc) is 2.94. The molecule has 1 atom stereocenters. The van der Waals surface area contributed by atoms with E-state index < -0.39 is 0 Å². The van der Waals surface area contributed by atoms with Crippen LogP contribution in [0.25, 0.3) is 0 Å². The number of aryl methyl sites for hydroxylation is 1. The van der Waals surface area contributed by atoms with E-state index in [1.807, 2.05) is 4.90 Å². The molecule has 7 heteroatoms. The number of nitrogens with one attached hydrogen (secondary N) is 1. The maximum atomic E-state index is 12.4. The van der Waals surface area contributed by atoms with Crippen LogP contribution >= 0.6 is 0 Å². The Morgan fingerprint density at radius 1 is 1.48 bits per heavy atom. The van der Waals surface area contributed by atoms with Crippen LogP contribution in [-0.2, 0) is 4.79 Å². The summed E-state index contributed by atoms with van der Waals surface area (Å²) in [6.45, 7) is 4.99. The first-order valence-corrected chi connectivity index (χ1v) is 7.38. The lowest BCUT2D eigenvalue weighted by Crippen LogP contribution is -2.57. The Morgan fingerprint density at radius 3 is 3.05 bits per heavy atom. The highest BCUT2D eigenvalue weighted by Gasteiger charge is 2.32. The first-order valence-electron chi connectivity index (χ1n) is 7.38. The summed E-state index contributed by atoms with van der Waals surface area (Å²) in [5, 5.41) is 6.83. The van der Waals surface area contributed by atoms with Crippen LogP contribution in [0.3, 0.4) is 0 Å². The van der Waals surface area contributed by atoms with E-state index >= 15 is 0 Å². The molecule has 21 heavy (non-hydrogen) atoms. The molecule has 0 aliphatic carbocycles. The highest BCUT2D eigenvalue weighted by atomic mass is 16.5. The molecule has 114 valence electrons. The predicted molar refractivity (Wildman–Crippen MR) is 74.7 cm³/mol. The summed E-state index contributed by atoms with van der Waals surface area (Å²) in [5.41, 5.74) is 0.698. The summed E-state index contributed by atoms with van der Waals surface area (Å²) in [4.78, 5) is 28.0. The summed E-state index contributed by atoms with van der Waals surface area (Å²) in [6, 6.07) is 1.77. The van der Waals surface area contributed by atoms with Crippen LogP contribution < -0.4 is 5.32 Å². The number of amides is 2. The van der Waals surface area contributed by atoms with Crippen molar-refractivity contribution in [1.29, 1.82) is 0 Å². The molecule has 2 aliphatic heterocycles. The van der Waals surface area contributed by atoms with E-state index in [9.17, 15) is 9.59 Å². The molecular formula is C14H20N4O3. The van der Waals surface area contributed by atoms with Gasteiger partial charge in [0.05, 0.1) is 12.2 Å². The normalized spacial score (nSPS) is 23.5. The minimum atomic E-state index is -0.136. The molecule has 1 unspecified atom stereocenters. The number of hydrogen-bond acceptors (Lipinski definition) is 5. The smallest absolute Gasteiger partial charge is 0.292 e. The summed E-state index contributed by atoms with van der Waals surface area (Å²) >= 11 is 0. The second kappa shape index (κ2) is 5.85. The molecule has 2 aliphatic rings.